The van der Waals surface area contributed by atoms with E-state index in [2.05, 4.69) is 20.8 Å². The van der Waals surface area contributed by atoms with E-state index in [9.17, 15) is 18.0 Å². The van der Waals surface area contributed by atoms with Crippen molar-refractivity contribution in [3.8, 4) is 0 Å². The Bertz CT molecular complexity index is 862. The standard InChI is InChI=1S/C16H11F3N4O2/c17-16(18,19)10-3-1-4-11(9-10)20-13-6-7-14(23-22-13)21-15(24)12-5-2-8-25-12/h1-9H,(H,20,22)(H,21,23,24). The lowest BCUT2D eigenvalue weighted by Gasteiger charge is -2.10. The smallest absolute Gasteiger partial charge is 0.416 e. The van der Waals surface area contributed by atoms with E-state index in [-0.39, 0.29) is 23.1 Å². The third-order valence-electron chi connectivity index (χ3n) is 3.11. The van der Waals surface area contributed by atoms with Crippen LogP contribution in [0.15, 0.2) is 59.2 Å². The number of nitrogens with one attached hydrogen (secondary N) is 2. The number of halogens is 3. The fourth-order valence-corrected chi connectivity index (χ4v) is 1.97. The van der Waals surface area contributed by atoms with Gasteiger partial charge in [-0.25, -0.2) is 0 Å². The summed E-state index contributed by atoms with van der Waals surface area (Å²) in [5.74, 6) is 0.0390. The van der Waals surface area contributed by atoms with Gasteiger partial charge in [-0.05, 0) is 42.5 Å². The Kier molecular flexibility index (Phi) is 4.38. The number of carbonyl (C=O) groups excluding carboxylic acids is 1. The molecule has 0 aliphatic carbocycles. The van der Waals surface area contributed by atoms with Crippen molar-refractivity contribution in [2.45, 2.75) is 6.18 Å². The van der Waals surface area contributed by atoms with E-state index in [0.717, 1.165) is 12.1 Å². The molecule has 0 saturated heterocycles. The van der Waals surface area contributed by atoms with Crippen molar-refractivity contribution in [1.82, 2.24) is 10.2 Å². The molecule has 0 spiro atoms. The molecule has 1 aromatic carbocycles. The maximum atomic E-state index is 12.7. The number of anilines is 3. The number of hydrogen-bond donors (Lipinski definition) is 2. The highest BCUT2D eigenvalue weighted by molar-refractivity contribution is 6.01. The number of furan rings is 1. The first-order chi connectivity index (χ1) is 11.9. The topological polar surface area (TPSA) is 80.0 Å². The average molecular weight is 348 g/mol. The Labute approximate surface area is 139 Å². The molecule has 2 N–H and O–H groups in total. The molecule has 0 bridgehead atoms. The fourth-order valence-electron chi connectivity index (χ4n) is 1.97. The SMILES string of the molecule is O=C(Nc1ccc(Nc2cccc(C(F)(F)F)c2)nn1)c1ccco1. The minimum Gasteiger partial charge on any atom is -0.459 e. The minimum absolute atomic E-state index is 0.118. The van der Waals surface area contributed by atoms with Crippen LogP contribution in [0.1, 0.15) is 16.1 Å². The molecule has 6 nitrogen and oxygen atoms in total. The molecule has 0 fully saturated rings. The zero-order valence-electron chi connectivity index (χ0n) is 12.5. The van der Waals surface area contributed by atoms with E-state index in [1.807, 2.05) is 0 Å². The van der Waals surface area contributed by atoms with Crippen molar-refractivity contribution in [2.75, 3.05) is 10.6 Å². The summed E-state index contributed by atoms with van der Waals surface area (Å²) in [7, 11) is 0. The van der Waals surface area contributed by atoms with Gasteiger partial charge in [0.25, 0.3) is 5.91 Å². The Morgan fingerprint density at radius 3 is 2.40 bits per heavy atom. The van der Waals surface area contributed by atoms with Gasteiger partial charge in [0.05, 0.1) is 11.8 Å². The van der Waals surface area contributed by atoms with E-state index in [4.69, 9.17) is 4.42 Å². The average Bonchev–Trinajstić information content (AvgIpc) is 3.11. The number of amides is 1. The first kappa shape index (κ1) is 16.5. The van der Waals surface area contributed by atoms with Gasteiger partial charge in [0.2, 0.25) is 0 Å². The number of benzene rings is 1. The normalized spacial score (nSPS) is 11.2. The summed E-state index contributed by atoms with van der Waals surface area (Å²) < 4.78 is 43.0. The zero-order chi connectivity index (χ0) is 17.9. The lowest BCUT2D eigenvalue weighted by atomic mass is 10.2. The van der Waals surface area contributed by atoms with Gasteiger partial charge in [-0.3, -0.25) is 4.79 Å². The number of hydrogen-bond acceptors (Lipinski definition) is 5. The molecule has 0 saturated carbocycles. The molecule has 1 amide bonds. The lowest BCUT2D eigenvalue weighted by Crippen LogP contribution is -2.12. The Morgan fingerprint density at radius 1 is 1.00 bits per heavy atom. The highest BCUT2D eigenvalue weighted by atomic mass is 19.4. The molecule has 0 unspecified atom stereocenters. The third-order valence-corrected chi connectivity index (χ3v) is 3.11. The quantitative estimate of drug-likeness (QED) is 0.742. The van der Waals surface area contributed by atoms with Crippen molar-refractivity contribution in [1.29, 1.82) is 0 Å². The van der Waals surface area contributed by atoms with Crippen LogP contribution in [-0.2, 0) is 6.18 Å². The Hall–Kier alpha value is -3.36. The van der Waals surface area contributed by atoms with Crippen molar-refractivity contribution in [3.05, 3.63) is 66.1 Å². The predicted molar refractivity (Wildman–Crippen MR) is 83.4 cm³/mol. The maximum Gasteiger partial charge on any atom is 0.416 e. The molecule has 0 atom stereocenters. The lowest BCUT2D eigenvalue weighted by molar-refractivity contribution is -0.137. The summed E-state index contributed by atoms with van der Waals surface area (Å²) in [6.07, 6.45) is -3.06. The van der Waals surface area contributed by atoms with Gasteiger partial charge in [-0.1, -0.05) is 6.07 Å². The molecule has 3 rings (SSSR count). The summed E-state index contributed by atoms with van der Waals surface area (Å²) in [6, 6.07) is 10.7. The zero-order valence-corrected chi connectivity index (χ0v) is 12.5. The first-order valence-electron chi connectivity index (χ1n) is 7.05. The van der Waals surface area contributed by atoms with Crippen LogP contribution in [0.3, 0.4) is 0 Å². The monoisotopic (exact) mass is 348 g/mol. The van der Waals surface area contributed by atoms with E-state index >= 15 is 0 Å². The van der Waals surface area contributed by atoms with Gasteiger partial charge in [0.1, 0.15) is 0 Å². The largest absolute Gasteiger partial charge is 0.459 e. The number of carbonyl (C=O) groups is 1. The number of rotatable bonds is 4. The van der Waals surface area contributed by atoms with Gasteiger partial charge in [0.15, 0.2) is 17.4 Å². The first-order valence-corrected chi connectivity index (χ1v) is 7.05. The second-order valence-corrected chi connectivity index (χ2v) is 4.94. The molecule has 9 heteroatoms. The molecule has 0 radical (unpaired) electrons. The van der Waals surface area contributed by atoms with Gasteiger partial charge >= 0.3 is 6.18 Å². The second-order valence-electron chi connectivity index (χ2n) is 4.94. The van der Waals surface area contributed by atoms with Crippen molar-refractivity contribution in [2.24, 2.45) is 0 Å². The van der Waals surface area contributed by atoms with Crippen LogP contribution in [0.2, 0.25) is 0 Å². The molecule has 2 heterocycles. The fraction of sp³-hybridized carbons (Fsp3) is 0.0625. The molecular formula is C16H11F3N4O2. The van der Waals surface area contributed by atoms with Crippen molar-refractivity contribution >= 4 is 23.2 Å². The highest BCUT2D eigenvalue weighted by Crippen LogP contribution is 2.31. The summed E-state index contributed by atoms with van der Waals surface area (Å²) in [5, 5.41) is 12.8. The Morgan fingerprint density at radius 2 is 1.76 bits per heavy atom. The summed E-state index contributed by atoms with van der Waals surface area (Å²) >= 11 is 0. The van der Waals surface area contributed by atoms with Gasteiger partial charge in [-0.15, -0.1) is 10.2 Å². The van der Waals surface area contributed by atoms with Crippen LogP contribution in [0.4, 0.5) is 30.5 Å². The molecule has 3 aromatic rings. The summed E-state index contributed by atoms with van der Waals surface area (Å²) in [6.45, 7) is 0. The molecule has 2 aromatic heterocycles. The summed E-state index contributed by atoms with van der Waals surface area (Å²) in [4.78, 5) is 11.8. The van der Waals surface area contributed by atoms with E-state index in [0.29, 0.717) is 0 Å². The molecule has 128 valence electrons. The number of alkyl halides is 3. The van der Waals surface area contributed by atoms with Crippen LogP contribution in [0.25, 0.3) is 0 Å². The van der Waals surface area contributed by atoms with Crippen LogP contribution in [-0.4, -0.2) is 16.1 Å². The third kappa shape index (κ3) is 4.14. The molecule has 0 aliphatic rings. The van der Waals surface area contributed by atoms with E-state index in [1.54, 1.807) is 6.07 Å². The highest BCUT2D eigenvalue weighted by Gasteiger charge is 2.30. The molecule has 25 heavy (non-hydrogen) atoms. The Balaban J connectivity index is 1.68. The van der Waals surface area contributed by atoms with Gasteiger partial charge in [0, 0.05) is 5.69 Å². The number of aromatic nitrogens is 2. The van der Waals surface area contributed by atoms with Crippen LogP contribution < -0.4 is 10.6 Å². The van der Waals surface area contributed by atoms with Crippen molar-refractivity contribution < 1.29 is 22.4 Å². The van der Waals surface area contributed by atoms with Crippen LogP contribution >= 0.6 is 0 Å². The van der Waals surface area contributed by atoms with Crippen molar-refractivity contribution in [3.63, 3.8) is 0 Å². The van der Waals surface area contributed by atoms with Gasteiger partial charge < -0.3 is 15.1 Å². The van der Waals surface area contributed by atoms with Gasteiger partial charge in [-0.2, -0.15) is 13.2 Å². The van der Waals surface area contributed by atoms with Crippen LogP contribution in [0.5, 0.6) is 0 Å². The van der Waals surface area contributed by atoms with Crippen LogP contribution in [0, 0.1) is 0 Å². The second kappa shape index (κ2) is 6.63. The summed E-state index contributed by atoms with van der Waals surface area (Å²) in [5.41, 5.74) is -0.552. The number of nitrogens with zero attached hydrogens (tertiary/aromatic N) is 2. The maximum absolute atomic E-state index is 12.7. The van der Waals surface area contributed by atoms with E-state index < -0.39 is 17.6 Å². The predicted octanol–water partition coefficient (Wildman–Crippen LogP) is 4.08. The minimum atomic E-state index is -4.43. The molecule has 0 aliphatic heterocycles. The molecular weight excluding hydrogens is 337 g/mol. The van der Waals surface area contributed by atoms with E-state index in [1.165, 1.54) is 36.6 Å².